The van der Waals surface area contributed by atoms with Crippen LogP contribution in [0.2, 0.25) is 0 Å². The second-order valence-electron chi connectivity index (χ2n) is 3.95. The lowest BCUT2D eigenvalue weighted by molar-refractivity contribution is -0.146. The van der Waals surface area contributed by atoms with E-state index in [1.165, 1.54) is 4.90 Å². The Morgan fingerprint density at radius 2 is 2.13 bits per heavy atom. The zero-order chi connectivity index (χ0) is 11.4. The summed E-state index contributed by atoms with van der Waals surface area (Å²) in [5.74, 6) is -0.275. The molecule has 1 rings (SSSR count). The Balaban J connectivity index is 2.54. The summed E-state index contributed by atoms with van der Waals surface area (Å²) in [5, 5.41) is 8.72. The number of hydrogen-bond donors (Lipinski definition) is 1. The maximum Gasteiger partial charge on any atom is 0.323 e. The highest BCUT2D eigenvalue weighted by atomic mass is 32.2. The number of carboxylic acids is 1. The van der Waals surface area contributed by atoms with Crippen LogP contribution in [0.25, 0.3) is 0 Å². The Kier molecular flexibility index (Phi) is 4.45. The van der Waals surface area contributed by atoms with Gasteiger partial charge in [0, 0.05) is 17.7 Å². The summed E-state index contributed by atoms with van der Waals surface area (Å²) in [7, 11) is 0. The highest BCUT2D eigenvalue weighted by Crippen LogP contribution is 2.28. The van der Waals surface area contributed by atoms with Crippen LogP contribution in [-0.4, -0.2) is 46.5 Å². The van der Waals surface area contributed by atoms with Crippen LogP contribution in [-0.2, 0) is 9.59 Å². The van der Waals surface area contributed by atoms with Gasteiger partial charge in [0.05, 0.1) is 0 Å². The fourth-order valence-corrected chi connectivity index (χ4v) is 2.17. The second-order valence-corrected chi connectivity index (χ2v) is 4.86. The van der Waals surface area contributed by atoms with E-state index in [-0.39, 0.29) is 24.4 Å². The van der Waals surface area contributed by atoms with Crippen LogP contribution in [0.1, 0.15) is 19.8 Å². The molecule has 1 saturated carbocycles. The van der Waals surface area contributed by atoms with E-state index in [0.29, 0.717) is 0 Å². The summed E-state index contributed by atoms with van der Waals surface area (Å²) >= 11 is 1.61. The van der Waals surface area contributed by atoms with Gasteiger partial charge in [0.25, 0.3) is 0 Å². The molecule has 0 aliphatic heterocycles. The molecule has 15 heavy (non-hydrogen) atoms. The standard InChI is InChI=1S/C10H17NO3S/c1-7(6-15-2)10(14)11(5-9(12)13)8-3-4-8/h7-8H,3-6H2,1-2H3,(H,12,13)/t7-/m1/s1. The highest BCUT2D eigenvalue weighted by Gasteiger charge is 2.35. The fourth-order valence-electron chi connectivity index (χ4n) is 1.52. The van der Waals surface area contributed by atoms with E-state index < -0.39 is 5.97 Å². The van der Waals surface area contributed by atoms with Gasteiger partial charge < -0.3 is 10.0 Å². The van der Waals surface area contributed by atoms with Crippen molar-refractivity contribution in [1.29, 1.82) is 0 Å². The van der Waals surface area contributed by atoms with E-state index in [1.807, 2.05) is 13.2 Å². The number of carboxylic acid groups (broad SMARTS) is 1. The number of hydrogen-bond acceptors (Lipinski definition) is 3. The van der Waals surface area contributed by atoms with Crippen LogP contribution >= 0.6 is 11.8 Å². The van der Waals surface area contributed by atoms with E-state index in [9.17, 15) is 9.59 Å². The zero-order valence-corrected chi connectivity index (χ0v) is 9.92. The Labute approximate surface area is 94.0 Å². The van der Waals surface area contributed by atoms with Gasteiger partial charge >= 0.3 is 5.97 Å². The molecule has 0 aromatic carbocycles. The zero-order valence-electron chi connectivity index (χ0n) is 9.10. The molecule has 1 N–H and O–H groups in total. The van der Waals surface area contributed by atoms with Crippen molar-refractivity contribution in [3.8, 4) is 0 Å². The Morgan fingerprint density at radius 1 is 1.53 bits per heavy atom. The third-order valence-electron chi connectivity index (χ3n) is 2.41. The highest BCUT2D eigenvalue weighted by molar-refractivity contribution is 7.98. The molecule has 0 spiro atoms. The third-order valence-corrected chi connectivity index (χ3v) is 3.25. The summed E-state index contributed by atoms with van der Waals surface area (Å²) in [6, 6.07) is 0.179. The number of amides is 1. The molecule has 1 aliphatic rings. The van der Waals surface area contributed by atoms with Crippen LogP contribution < -0.4 is 0 Å². The van der Waals surface area contributed by atoms with Crippen molar-refractivity contribution in [3.63, 3.8) is 0 Å². The molecule has 0 aromatic rings. The van der Waals surface area contributed by atoms with E-state index in [1.54, 1.807) is 11.8 Å². The van der Waals surface area contributed by atoms with Crippen LogP contribution in [0.5, 0.6) is 0 Å². The number of rotatable bonds is 6. The molecular formula is C10H17NO3S. The lowest BCUT2D eigenvalue weighted by Crippen LogP contribution is -2.41. The first-order valence-corrected chi connectivity index (χ1v) is 6.46. The third kappa shape index (κ3) is 3.74. The van der Waals surface area contributed by atoms with Crippen molar-refractivity contribution in [2.45, 2.75) is 25.8 Å². The molecular weight excluding hydrogens is 214 g/mol. The van der Waals surface area contributed by atoms with Crippen molar-refractivity contribution >= 4 is 23.6 Å². The molecule has 1 amide bonds. The number of aliphatic carboxylic acids is 1. The molecule has 1 atom stereocenters. The molecule has 0 radical (unpaired) electrons. The van der Waals surface area contributed by atoms with E-state index in [4.69, 9.17) is 5.11 Å². The molecule has 0 unspecified atom stereocenters. The Bertz CT molecular complexity index is 253. The Morgan fingerprint density at radius 3 is 2.53 bits per heavy atom. The van der Waals surface area contributed by atoms with Gasteiger partial charge in [-0.3, -0.25) is 9.59 Å². The van der Waals surface area contributed by atoms with Crippen LogP contribution in [0.15, 0.2) is 0 Å². The van der Waals surface area contributed by atoms with Gasteiger partial charge in [0.2, 0.25) is 5.91 Å². The maximum atomic E-state index is 11.9. The van der Waals surface area contributed by atoms with Crippen LogP contribution in [0.4, 0.5) is 0 Å². The molecule has 0 heterocycles. The first-order chi connectivity index (χ1) is 7.06. The van der Waals surface area contributed by atoms with Crippen molar-refractivity contribution in [3.05, 3.63) is 0 Å². The van der Waals surface area contributed by atoms with Crippen LogP contribution in [0, 0.1) is 5.92 Å². The van der Waals surface area contributed by atoms with Gasteiger partial charge in [-0.2, -0.15) is 11.8 Å². The summed E-state index contributed by atoms with van der Waals surface area (Å²) in [6.07, 6.45) is 3.85. The van der Waals surface area contributed by atoms with Crippen molar-refractivity contribution in [2.75, 3.05) is 18.6 Å². The maximum absolute atomic E-state index is 11.9. The minimum absolute atomic E-state index is 0.0192. The summed E-state index contributed by atoms with van der Waals surface area (Å²) in [5.41, 5.74) is 0. The van der Waals surface area contributed by atoms with E-state index in [2.05, 4.69) is 0 Å². The minimum Gasteiger partial charge on any atom is -0.480 e. The Hall–Kier alpha value is -0.710. The van der Waals surface area contributed by atoms with Gasteiger partial charge in [0.1, 0.15) is 6.54 Å². The van der Waals surface area contributed by atoms with Crippen molar-refractivity contribution in [2.24, 2.45) is 5.92 Å². The molecule has 4 nitrogen and oxygen atoms in total. The first-order valence-electron chi connectivity index (χ1n) is 5.07. The van der Waals surface area contributed by atoms with E-state index >= 15 is 0 Å². The average Bonchev–Trinajstić information content (AvgIpc) is 2.96. The quantitative estimate of drug-likeness (QED) is 0.742. The molecule has 1 fully saturated rings. The van der Waals surface area contributed by atoms with Gasteiger partial charge in [-0.25, -0.2) is 0 Å². The first kappa shape index (κ1) is 12.4. The smallest absolute Gasteiger partial charge is 0.323 e. The number of carbonyl (C=O) groups excluding carboxylic acids is 1. The van der Waals surface area contributed by atoms with Crippen molar-refractivity contribution in [1.82, 2.24) is 4.90 Å². The van der Waals surface area contributed by atoms with Crippen LogP contribution in [0.3, 0.4) is 0 Å². The molecule has 0 saturated heterocycles. The van der Waals surface area contributed by atoms with E-state index in [0.717, 1.165) is 18.6 Å². The summed E-state index contributed by atoms with van der Waals surface area (Å²) < 4.78 is 0. The van der Waals surface area contributed by atoms with Gasteiger partial charge in [-0.1, -0.05) is 6.92 Å². The minimum atomic E-state index is -0.924. The topological polar surface area (TPSA) is 57.6 Å². The lowest BCUT2D eigenvalue weighted by atomic mass is 10.2. The van der Waals surface area contributed by atoms with Gasteiger partial charge in [-0.15, -0.1) is 0 Å². The SMILES string of the molecule is CSC[C@@H](C)C(=O)N(CC(=O)O)C1CC1. The molecule has 86 valence electrons. The number of nitrogens with zero attached hydrogens (tertiary/aromatic N) is 1. The summed E-state index contributed by atoms with van der Waals surface area (Å²) in [6.45, 7) is 1.71. The lowest BCUT2D eigenvalue weighted by Gasteiger charge is -2.23. The van der Waals surface area contributed by atoms with Gasteiger partial charge in [-0.05, 0) is 19.1 Å². The molecule has 5 heteroatoms. The predicted octanol–water partition coefficient (Wildman–Crippen LogP) is 1.06. The number of thioether (sulfide) groups is 1. The second kappa shape index (κ2) is 5.39. The largest absolute Gasteiger partial charge is 0.480 e. The normalized spacial score (nSPS) is 17.2. The predicted molar refractivity (Wildman–Crippen MR) is 59.9 cm³/mol. The van der Waals surface area contributed by atoms with Gasteiger partial charge in [0.15, 0.2) is 0 Å². The number of carbonyl (C=O) groups is 2. The summed E-state index contributed by atoms with van der Waals surface area (Å²) in [4.78, 5) is 24.0. The molecule has 0 aromatic heterocycles. The monoisotopic (exact) mass is 231 g/mol. The molecule has 0 bridgehead atoms. The molecule has 1 aliphatic carbocycles. The van der Waals surface area contributed by atoms with Crippen molar-refractivity contribution < 1.29 is 14.7 Å². The average molecular weight is 231 g/mol. The fraction of sp³-hybridized carbons (Fsp3) is 0.800.